The third-order valence-electron chi connectivity index (χ3n) is 5.91. The normalized spacial score (nSPS) is 15.6. The van der Waals surface area contributed by atoms with E-state index in [1.165, 1.54) is 4.90 Å². The van der Waals surface area contributed by atoms with Crippen LogP contribution in [0.1, 0.15) is 43.2 Å². The number of nitrogens with zero attached hydrogens (tertiary/aromatic N) is 2. The van der Waals surface area contributed by atoms with Gasteiger partial charge in [-0.25, -0.2) is 4.79 Å². The van der Waals surface area contributed by atoms with E-state index in [4.69, 9.17) is 4.74 Å². The monoisotopic (exact) mass is 406 g/mol. The largest absolute Gasteiger partial charge is 0.453 e. The van der Waals surface area contributed by atoms with Gasteiger partial charge in [0.25, 0.3) is 5.91 Å². The number of esters is 1. The van der Waals surface area contributed by atoms with Crippen molar-refractivity contribution in [1.82, 2.24) is 4.90 Å². The van der Waals surface area contributed by atoms with Crippen LogP contribution in [0.3, 0.4) is 0 Å². The van der Waals surface area contributed by atoms with Crippen LogP contribution in [0.4, 0.5) is 0 Å². The number of ether oxygens (including phenoxy) is 1. The summed E-state index contributed by atoms with van der Waals surface area (Å²) in [6.45, 7) is -0.541. The first kappa shape index (κ1) is 21.5. The van der Waals surface area contributed by atoms with Crippen LogP contribution in [-0.2, 0) is 19.9 Å². The Bertz CT molecular complexity index is 876. The van der Waals surface area contributed by atoms with Crippen molar-refractivity contribution >= 4 is 11.9 Å². The van der Waals surface area contributed by atoms with E-state index in [9.17, 15) is 20.0 Å². The highest BCUT2D eigenvalue weighted by atomic mass is 16.6. The van der Waals surface area contributed by atoms with Gasteiger partial charge >= 0.3 is 5.97 Å². The molecule has 0 radical (unpaired) electrons. The van der Waals surface area contributed by atoms with Gasteiger partial charge in [-0.2, -0.15) is 5.26 Å². The molecule has 2 aromatic carbocycles. The summed E-state index contributed by atoms with van der Waals surface area (Å²) in [4.78, 5) is 27.1. The van der Waals surface area contributed by atoms with Gasteiger partial charge in [0.05, 0.1) is 6.07 Å². The van der Waals surface area contributed by atoms with Gasteiger partial charge in [-0.1, -0.05) is 79.9 Å². The number of hydrogen-bond donors (Lipinski definition) is 1. The Morgan fingerprint density at radius 1 is 1.03 bits per heavy atom. The first-order chi connectivity index (χ1) is 14.4. The molecule has 0 spiro atoms. The Morgan fingerprint density at radius 3 is 2.00 bits per heavy atom. The number of carbonyl (C=O) groups excluding carboxylic acids is 2. The van der Waals surface area contributed by atoms with Crippen molar-refractivity contribution in [2.45, 2.75) is 43.2 Å². The topological polar surface area (TPSA) is 90.6 Å². The number of aliphatic hydroxyl groups is 1. The van der Waals surface area contributed by atoms with Gasteiger partial charge in [0.1, 0.15) is 5.54 Å². The van der Waals surface area contributed by atoms with Crippen LogP contribution in [-0.4, -0.2) is 41.1 Å². The number of likely N-dealkylation sites (N-methyl/N-ethyl adjacent to an activating group) is 1. The number of amides is 1. The zero-order valence-corrected chi connectivity index (χ0v) is 17.1. The third kappa shape index (κ3) is 4.07. The van der Waals surface area contributed by atoms with Crippen molar-refractivity contribution in [3.05, 3.63) is 71.8 Å². The van der Waals surface area contributed by atoms with E-state index in [1.54, 1.807) is 67.7 Å². The molecule has 156 valence electrons. The molecule has 0 unspecified atom stereocenters. The van der Waals surface area contributed by atoms with Crippen LogP contribution in [0, 0.1) is 11.3 Å². The Labute approximate surface area is 176 Å². The molecule has 1 aliphatic rings. The quantitative estimate of drug-likeness (QED) is 0.744. The fourth-order valence-electron chi connectivity index (χ4n) is 3.99. The number of nitriles is 1. The van der Waals surface area contributed by atoms with Gasteiger partial charge < -0.3 is 14.7 Å². The molecule has 0 bridgehead atoms. The second kappa shape index (κ2) is 9.10. The summed E-state index contributed by atoms with van der Waals surface area (Å²) in [5.41, 5.74) is -2.21. The number of rotatable bonds is 6. The van der Waals surface area contributed by atoms with Crippen LogP contribution in [0.15, 0.2) is 60.7 Å². The van der Waals surface area contributed by atoms with E-state index < -0.39 is 29.6 Å². The van der Waals surface area contributed by atoms with Crippen molar-refractivity contribution < 1.29 is 19.4 Å². The zero-order chi connectivity index (χ0) is 21.6. The standard InChI is InChI=1S/C24H26N2O4/c1-26(23(18-25)15-9-4-10-16-23)21(27)17-30-22(28)24(29,19-11-5-2-6-12-19)20-13-7-3-8-14-20/h2-3,5-8,11-14,29H,4,9-10,15-17H2,1H3. The lowest BCUT2D eigenvalue weighted by Crippen LogP contribution is -2.51. The molecular weight excluding hydrogens is 380 g/mol. The second-order valence-electron chi connectivity index (χ2n) is 7.68. The minimum Gasteiger partial charge on any atom is -0.453 e. The Balaban J connectivity index is 1.78. The Kier molecular flexibility index (Phi) is 6.53. The molecule has 1 aliphatic carbocycles. The van der Waals surface area contributed by atoms with Crippen molar-refractivity contribution in [2.75, 3.05) is 13.7 Å². The van der Waals surface area contributed by atoms with Gasteiger partial charge in [-0.3, -0.25) is 4.79 Å². The summed E-state index contributed by atoms with van der Waals surface area (Å²) >= 11 is 0. The lowest BCUT2D eigenvalue weighted by Gasteiger charge is -2.39. The van der Waals surface area contributed by atoms with E-state index in [0.717, 1.165) is 19.3 Å². The van der Waals surface area contributed by atoms with Gasteiger partial charge in [-0.05, 0) is 24.0 Å². The number of benzene rings is 2. The molecule has 6 heteroatoms. The van der Waals surface area contributed by atoms with E-state index >= 15 is 0 Å². The molecule has 1 fully saturated rings. The van der Waals surface area contributed by atoms with Gasteiger partial charge in [0, 0.05) is 7.05 Å². The highest BCUT2D eigenvalue weighted by Crippen LogP contribution is 2.33. The van der Waals surface area contributed by atoms with Crippen LogP contribution in [0.25, 0.3) is 0 Å². The lowest BCUT2D eigenvalue weighted by molar-refractivity contribution is -0.167. The maximum absolute atomic E-state index is 13.0. The highest BCUT2D eigenvalue weighted by molar-refractivity contribution is 5.88. The Hall–Kier alpha value is -3.17. The van der Waals surface area contributed by atoms with Gasteiger partial charge in [0.2, 0.25) is 5.60 Å². The van der Waals surface area contributed by atoms with Crippen LogP contribution in [0.2, 0.25) is 0 Å². The van der Waals surface area contributed by atoms with E-state index in [1.807, 2.05) is 0 Å². The molecule has 2 aromatic rings. The third-order valence-corrected chi connectivity index (χ3v) is 5.91. The number of carbonyl (C=O) groups is 2. The summed E-state index contributed by atoms with van der Waals surface area (Å²) in [6.07, 6.45) is 4.02. The molecule has 0 heterocycles. The van der Waals surface area contributed by atoms with Crippen molar-refractivity contribution in [3.8, 4) is 6.07 Å². The summed E-state index contributed by atoms with van der Waals surface area (Å²) in [5.74, 6) is -1.40. The predicted molar refractivity (Wildman–Crippen MR) is 111 cm³/mol. The van der Waals surface area contributed by atoms with E-state index in [2.05, 4.69) is 6.07 Å². The second-order valence-corrected chi connectivity index (χ2v) is 7.68. The van der Waals surface area contributed by atoms with Crippen molar-refractivity contribution in [1.29, 1.82) is 5.26 Å². The average molecular weight is 406 g/mol. The summed E-state index contributed by atoms with van der Waals surface area (Å²) in [7, 11) is 1.57. The average Bonchev–Trinajstić information content (AvgIpc) is 2.82. The summed E-state index contributed by atoms with van der Waals surface area (Å²) < 4.78 is 5.29. The minimum atomic E-state index is -2.04. The molecule has 0 atom stereocenters. The molecular formula is C24H26N2O4. The summed E-state index contributed by atoms with van der Waals surface area (Å²) in [6, 6.07) is 19.3. The molecule has 1 saturated carbocycles. The Morgan fingerprint density at radius 2 is 1.53 bits per heavy atom. The van der Waals surface area contributed by atoms with Gasteiger partial charge in [-0.15, -0.1) is 0 Å². The van der Waals surface area contributed by atoms with E-state index in [0.29, 0.717) is 24.0 Å². The fraction of sp³-hybridized carbons (Fsp3) is 0.375. The fourth-order valence-corrected chi connectivity index (χ4v) is 3.99. The van der Waals surface area contributed by atoms with Crippen LogP contribution in [0.5, 0.6) is 0 Å². The summed E-state index contributed by atoms with van der Waals surface area (Å²) in [5, 5.41) is 21.0. The first-order valence-electron chi connectivity index (χ1n) is 10.1. The lowest BCUT2D eigenvalue weighted by atomic mass is 9.81. The molecule has 1 N–H and O–H groups in total. The molecule has 1 amide bonds. The molecule has 3 rings (SSSR count). The molecule has 30 heavy (non-hydrogen) atoms. The van der Waals surface area contributed by atoms with Crippen molar-refractivity contribution in [3.63, 3.8) is 0 Å². The van der Waals surface area contributed by atoms with Crippen LogP contribution < -0.4 is 0 Å². The van der Waals surface area contributed by atoms with E-state index in [-0.39, 0.29) is 0 Å². The highest BCUT2D eigenvalue weighted by Gasteiger charge is 2.43. The molecule has 0 saturated heterocycles. The van der Waals surface area contributed by atoms with Gasteiger partial charge in [0.15, 0.2) is 6.61 Å². The van der Waals surface area contributed by atoms with Crippen LogP contribution >= 0.6 is 0 Å². The zero-order valence-electron chi connectivity index (χ0n) is 17.1. The molecule has 0 aromatic heterocycles. The molecule has 0 aliphatic heterocycles. The minimum absolute atomic E-state index is 0.350. The molecule has 6 nitrogen and oxygen atoms in total. The van der Waals surface area contributed by atoms with Crippen molar-refractivity contribution in [2.24, 2.45) is 0 Å². The maximum Gasteiger partial charge on any atom is 0.348 e. The first-order valence-corrected chi connectivity index (χ1v) is 10.1. The predicted octanol–water partition coefficient (Wildman–Crippen LogP) is 3.15. The number of hydrogen-bond acceptors (Lipinski definition) is 5. The SMILES string of the molecule is CN(C(=O)COC(=O)C(O)(c1ccccc1)c1ccccc1)C1(C#N)CCCCC1. The maximum atomic E-state index is 13.0. The smallest absolute Gasteiger partial charge is 0.348 e.